The number of nitrogens with two attached hydrogens (primary N) is 2. The highest BCUT2D eigenvalue weighted by Gasteiger charge is 2.09. The van der Waals surface area contributed by atoms with Crippen molar-refractivity contribution in [1.82, 2.24) is 0 Å². The molecule has 3 nitrogen and oxygen atoms in total. The van der Waals surface area contributed by atoms with E-state index in [0.717, 1.165) is 24.8 Å². The molecule has 0 saturated heterocycles. The van der Waals surface area contributed by atoms with Gasteiger partial charge in [-0.1, -0.05) is 12.5 Å². The Balaban J connectivity index is 2.62. The zero-order valence-corrected chi connectivity index (χ0v) is 9.58. The summed E-state index contributed by atoms with van der Waals surface area (Å²) >= 11 is 0. The second-order valence-corrected chi connectivity index (χ2v) is 3.78. The van der Waals surface area contributed by atoms with Crippen LogP contribution in [0, 0.1) is 5.82 Å². The summed E-state index contributed by atoms with van der Waals surface area (Å²) in [4.78, 5) is 0. The van der Waals surface area contributed by atoms with Crippen molar-refractivity contribution < 1.29 is 9.13 Å². The number of halogens is 1. The molecule has 0 radical (unpaired) electrons. The average Bonchev–Trinajstić information content (AvgIpc) is 2.29. The van der Waals surface area contributed by atoms with E-state index in [9.17, 15) is 4.39 Å². The number of ether oxygens (including phenoxy) is 1. The summed E-state index contributed by atoms with van der Waals surface area (Å²) in [5.41, 5.74) is 12.1. The third-order valence-electron chi connectivity index (χ3n) is 2.57. The third-order valence-corrected chi connectivity index (χ3v) is 2.57. The smallest absolute Gasteiger partial charge is 0.165 e. The maximum atomic E-state index is 13.4. The highest BCUT2D eigenvalue weighted by molar-refractivity contribution is 5.30. The highest BCUT2D eigenvalue weighted by Crippen LogP contribution is 2.23. The van der Waals surface area contributed by atoms with Crippen LogP contribution in [0.25, 0.3) is 0 Å². The minimum absolute atomic E-state index is 0.132. The predicted molar refractivity (Wildman–Crippen MR) is 62.8 cm³/mol. The second-order valence-electron chi connectivity index (χ2n) is 3.78. The van der Waals surface area contributed by atoms with Gasteiger partial charge in [0.15, 0.2) is 11.6 Å². The van der Waals surface area contributed by atoms with Crippen LogP contribution in [0.2, 0.25) is 0 Å². The van der Waals surface area contributed by atoms with Crippen molar-refractivity contribution in [3.05, 3.63) is 29.6 Å². The molecule has 0 bridgehead atoms. The molecule has 0 aliphatic carbocycles. The van der Waals surface area contributed by atoms with Crippen LogP contribution in [0.1, 0.15) is 30.9 Å². The highest BCUT2D eigenvalue weighted by atomic mass is 19.1. The van der Waals surface area contributed by atoms with Crippen LogP contribution in [0.4, 0.5) is 4.39 Å². The van der Waals surface area contributed by atoms with Gasteiger partial charge in [-0.2, -0.15) is 0 Å². The summed E-state index contributed by atoms with van der Waals surface area (Å²) < 4.78 is 18.2. The van der Waals surface area contributed by atoms with E-state index in [2.05, 4.69) is 0 Å². The Morgan fingerprint density at radius 3 is 2.69 bits per heavy atom. The molecule has 1 rings (SSSR count). The molecule has 0 fully saturated rings. The fourth-order valence-corrected chi connectivity index (χ4v) is 1.59. The Hall–Kier alpha value is -1.13. The fourth-order valence-electron chi connectivity index (χ4n) is 1.59. The van der Waals surface area contributed by atoms with Crippen LogP contribution in [0.3, 0.4) is 0 Å². The summed E-state index contributed by atoms with van der Waals surface area (Å²) in [7, 11) is 1.44. The normalized spacial score (nSPS) is 12.5. The third kappa shape index (κ3) is 3.47. The van der Waals surface area contributed by atoms with Gasteiger partial charge in [0.05, 0.1) is 7.11 Å². The van der Waals surface area contributed by atoms with E-state index >= 15 is 0 Å². The molecule has 0 heterocycles. The van der Waals surface area contributed by atoms with Gasteiger partial charge >= 0.3 is 0 Å². The Morgan fingerprint density at radius 1 is 1.38 bits per heavy atom. The van der Waals surface area contributed by atoms with Crippen LogP contribution in [0.5, 0.6) is 5.75 Å². The molecule has 0 amide bonds. The molecule has 1 aromatic carbocycles. The first-order chi connectivity index (χ1) is 7.69. The number of hydrogen-bond acceptors (Lipinski definition) is 3. The lowest BCUT2D eigenvalue weighted by Crippen LogP contribution is -2.11. The maximum Gasteiger partial charge on any atom is 0.165 e. The SMILES string of the molecule is COc1ccc([C@H](N)CCCCN)cc1F. The Bertz CT molecular complexity index is 331. The molecule has 0 spiro atoms. The van der Waals surface area contributed by atoms with E-state index in [1.807, 2.05) is 0 Å². The van der Waals surface area contributed by atoms with Gasteiger partial charge in [-0.05, 0) is 37.1 Å². The van der Waals surface area contributed by atoms with Crippen molar-refractivity contribution in [2.75, 3.05) is 13.7 Å². The first-order valence-electron chi connectivity index (χ1n) is 5.48. The topological polar surface area (TPSA) is 61.3 Å². The van der Waals surface area contributed by atoms with Crippen LogP contribution in [-0.2, 0) is 0 Å². The van der Waals surface area contributed by atoms with Gasteiger partial charge in [0, 0.05) is 6.04 Å². The van der Waals surface area contributed by atoms with E-state index in [-0.39, 0.29) is 17.6 Å². The molecule has 16 heavy (non-hydrogen) atoms. The predicted octanol–water partition coefficient (Wildman–Crippen LogP) is 1.96. The summed E-state index contributed by atoms with van der Waals surface area (Å²) in [5, 5.41) is 0. The van der Waals surface area contributed by atoms with E-state index in [1.165, 1.54) is 13.2 Å². The molecule has 4 N–H and O–H groups in total. The lowest BCUT2D eigenvalue weighted by Gasteiger charge is -2.12. The molecule has 0 aliphatic rings. The molecular weight excluding hydrogens is 207 g/mol. The first kappa shape index (κ1) is 12.9. The van der Waals surface area contributed by atoms with Crippen molar-refractivity contribution in [3.8, 4) is 5.75 Å². The van der Waals surface area contributed by atoms with Crippen molar-refractivity contribution in [3.63, 3.8) is 0 Å². The standard InChI is InChI=1S/C12H19FN2O/c1-16-12-6-5-9(8-10(12)13)11(15)4-2-3-7-14/h5-6,8,11H,2-4,7,14-15H2,1H3/t11-/m1/s1. The van der Waals surface area contributed by atoms with Crippen molar-refractivity contribution in [1.29, 1.82) is 0 Å². The maximum absolute atomic E-state index is 13.4. The van der Waals surface area contributed by atoms with Crippen molar-refractivity contribution >= 4 is 0 Å². The Morgan fingerprint density at radius 2 is 2.12 bits per heavy atom. The second kappa shape index (κ2) is 6.45. The van der Waals surface area contributed by atoms with E-state index in [1.54, 1.807) is 12.1 Å². The first-order valence-corrected chi connectivity index (χ1v) is 5.48. The zero-order valence-electron chi connectivity index (χ0n) is 9.58. The van der Waals surface area contributed by atoms with Gasteiger partial charge in [-0.15, -0.1) is 0 Å². The summed E-state index contributed by atoms with van der Waals surface area (Å²) in [6, 6.07) is 4.71. The van der Waals surface area contributed by atoms with Gasteiger partial charge in [0.2, 0.25) is 0 Å². The molecule has 0 saturated carbocycles. The molecule has 4 heteroatoms. The largest absolute Gasteiger partial charge is 0.494 e. The number of unbranched alkanes of at least 4 members (excludes halogenated alkanes) is 1. The van der Waals surface area contributed by atoms with Crippen LogP contribution < -0.4 is 16.2 Å². The summed E-state index contributed by atoms with van der Waals surface area (Å²) in [5.74, 6) is -0.118. The lowest BCUT2D eigenvalue weighted by atomic mass is 10.0. The van der Waals surface area contributed by atoms with Crippen LogP contribution >= 0.6 is 0 Å². The molecule has 0 aromatic heterocycles. The van der Waals surface area contributed by atoms with Gasteiger partial charge in [-0.25, -0.2) is 4.39 Å². The Kier molecular flexibility index (Phi) is 5.22. The van der Waals surface area contributed by atoms with E-state index in [4.69, 9.17) is 16.2 Å². The number of rotatable bonds is 6. The Labute approximate surface area is 95.6 Å². The van der Waals surface area contributed by atoms with E-state index < -0.39 is 0 Å². The zero-order chi connectivity index (χ0) is 12.0. The monoisotopic (exact) mass is 226 g/mol. The van der Waals surface area contributed by atoms with Crippen LogP contribution in [0.15, 0.2) is 18.2 Å². The quantitative estimate of drug-likeness (QED) is 0.729. The van der Waals surface area contributed by atoms with Crippen LogP contribution in [-0.4, -0.2) is 13.7 Å². The number of methoxy groups -OCH3 is 1. The van der Waals surface area contributed by atoms with Crippen molar-refractivity contribution in [2.24, 2.45) is 11.5 Å². The molecular formula is C12H19FN2O. The lowest BCUT2D eigenvalue weighted by molar-refractivity contribution is 0.385. The van der Waals surface area contributed by atoms with Gasteiger partial charge in [-0.3, -0.25) is 0 Å². The summed E-state index contributed by atoms with van der Waals surface area (Å²) in [6.07, 6.45) is 2.74. The van der Waals surface area contributed by atoms with Gasteiger partial charge in [0.25, 0.3) is 0 Å². The average molecular weight is 226 g/mol. The minimum Gasteiger partial charge on any atom is -0.494 e. The van der Waals surface area contributed by atoms with Gasteiger partial charge in [0.1, 0.15) is 0 Å². The number of hydrogen-bond donors (Lipinski definition) is 2. The fraction of sp³-hybridized carbons (Fsp3) is 0.500. The number of benzene rings is 1. The molecule has 1 aromatic rings. The molecule has 1 atom stereocenters. The summed E-state index contributed by atoms with van der Waals surface area (Å²) in [6.45, 7) is 0.670. The van der Waals surface area contributed by atoms with Gasteiger partial charge < -0.3 is 16.2 Å². The van der Waals surface area contributed by atoms with E-state index in [0.29, 0.717) is 6.54 Å². The van der Waals surface area contributed by atoms with Crippen molar-refractivity contribution in [2.45, 2.75) is 25.3 Å². The molecule has 0 aliphatic heterocycles. The minimum atomic E-state index is -0.366. The molecule has 90 valence electrons. The molecule has 0 unspecified atom stereocenters.